The first-order valence-electron chi connectivity index (χ1n) is 12.0. The van der Waals surface area contributed by atoms with Crippen molar-refractivity contribution in [3.05, 3.63) is 22.8 Å². The molecule has 3 aliphatic carbocycles. The third-order valence-electron chi connectivity index (χ3n) is 10.0. The van der Waals surface area contributed by atoms with E-state index in [-0.39, 0.29) is 11.3 Å². The van der Waals surface area contributed by atoms with E-state index < -0.39 is 0 Å². The van der Waals surface area contributed by atoms with Gasteiger partial charge in [0.2, 0.25) is 0 Å². The normalized spacial score (nSPS) is 41.2. The van der Waals surface area contributed by atoms with E-state index in [9.17, 15) is 4.79 Å². The smallest absolute Gasteiger partial charge is 0.123 e. The van der Waals surface area contributed by atoms with Gasteiger partial charge < -0.3 is 4.79 Å². The van der Waals surface area contributed by atoms with Crippen molar-refractivity contribution in [2.45, 2.75) is 106 Å². The van der Waals surface area contributed by atoms with Crippen molar-refractivity contribution in [1.29, 1.82) is 0 Å². The number of carbonyl (C=O) groups is 1. The highest BCUT2D eigenvalue weighted by molar-refractivity contribution is 5.55. The van der Waals surface area contributed by atoms with Crippen LogP contribution in [0.3, 0.4) is 0 Å². The largest absolute Gasteiger partial charge is 0.303 e. The van der Waals surface area contributed by atoms with Crippen molar-refractivity contribution in [2.24, 2.45) is 34.0 Å². The van der Waals surface area contributed by atoms with Crippen LogP contribution < -0.4 is 0 Å². The van der Waals surface area contributed by atoms with Crippen molar-refractivity contribution < 1.29 is 4.79 Å². The van der Waals surface area contributed by atoms with Gasteiger partial charge in [-0.1, -0.05) is 57.4 Å². The van der Waals surface area contributed by atoms with Gasteiger partial charge in [0.25, 0.3) is 0 Å². The van der Waals surface area contributed by atoms with Crippen LogP contribution in [0.25, 0.3) is 0 Å². The summed E-state index contributed by atoms with van der Waals surface area (Å²) in [7, 11) is 0. The summed E-state index contributed by atoms with van der Waals surface area (Å²) < 4.78 is 0. The molecule has 6 atom stereocenters. The van der Waals surface area contributed by atoms with E-state index in [1.807, 2.05) is 11.1 Å². The van der Waals surface area contributed by atoms with Gasteiger partial charge in [0.1, 0.15) is 6.29 Å². The average molecular weight is 385 g/mol. The molecule has 3 aliphatic rings. The predicted octanol–water partition coefficient (Wildman–Crippen LogP) is 7.91. The van der Waals surface area contributed by atoms with Crippen molar-refractivity contribution in [2.75, 3.05) is 0 Å². The van der Waals surface area contributed by atoms with Crippen LogP contribution in [0.2, 0.25) is 0 Å². The van der Waals surface area contributed by atoms with Gasteiger partial charge in [-0.3, -0.25) is 0 Å². The van der Waals surface area contributed by atoms with E-state index in [0.29, 0.717) is 16.7 Å². The zero-order chi connectivity index (χ0) is 20.7. The quantitative estimate of drug-likeness (QED) is 0.336. The van der Waals surface area contributed by atoms with Crippen LogP contribution in [0.15, 0.2) is 22.8 Å². The van der Waals surface area contributed by atoms with Crippen LogP contribution in [0.1, 0.15) is 106 Å². The molecule has 0 aromatic rings. The molecule has 0 aliphatic heterocycles. The van der Waals surface area contributed by atoms with Crippen LogP contribution in [0.4, 0.5) is 0 Å². The Hall–Kier alpha value is -0.850. The number of hydrogen-bond donors (Lipinski definition) is 0. The monoisotopic (exact) mass is 384 g/mol. The summed E-state index contributed by atoms with van der Waals surface area (Å²) in [5.41, 5.74) is 6.00. The van der Waals surface area contributed by atoms with Gasteiger partial charge in [-0.05, 0) is 99.7 Å². The van der Waals surface area contributed by atoms with E-state index in [1.54, 1.807) is 0 Å². The third-order valence-corrected chi connectivity index (χ3v) is 10.0. The molecule has 1 nitrogen and oxygen atoms in total. The minimum Gasteiger partial charge on any atom is -0.303 e. The zero-order valence-electron chi connectivity index (χ0n) is 19.7. The number of fused-ring (bicyclic) bond motifs is 2. The van der Waals surface area contributed by atoms with Gasteiger partial charge in [0.05, 0.1) is 0 Å². The Kier molecular flexibility index (Phi) is 6.06. The molecule has 0 bridgehead atoms. The Labute approximate surface area is 174 Å². The number of allylic oxidation sites excluding steroid dienone is 4. The highest BCUT2D eigenvalue weighted by Gasteiger charge is 2.61. The molecule has 0 N–H and O–H groups in total. The minimum atomic E-state index is 0.227. The number of rotatable bonds is 6. The average Bonchev–Trinajstić information content (AvgIpc) is 2.93. The Bertz CT molecular complexity index is 666. The fourth-order valence-corrected chi connectivity index (χ4v) is 7.49. The highest BCUT2D eigenvalue weighted by atomic mass is 16.1. The predicted molar refractivity (Wildman–Crippen MR) is 120 cm³/mol. The van der Waals surface area contributed by atoms with E-state index in [0.717, 1.165) is 18.8 Å². The maximum Gasteiger partial charge on any atom is 0.123 e. The molecule has 0 radical (unpaired) electrons. The van der Waals surface area contributed by atoms with Crippen molar-refractivity contribution in [3.63, 3.8) is 0 Å². The second-order valence-corrected chi connectivity index (χ2v) is 11.2. The number of hydrogen-bond acceptors (Lipinski definition) is 1. The van der Waals surface area contributed by atoms with Gasteiger partial charge in [-0.15, -0.1) is 0 Å². The lowest BCUT2D eigenvalue weighted by molar-refractivity contribution is -0.115. The van der Waals surface area contributed by atoms with E-state index in [1.165, 1.54) is 56.8 Å². The lowest BCUT2D eigenvalue weighted by atomic mass is 9.48. The SMILES string of the molecule is CCC1(C)C2=C(CCC1C)C1(C)CCC(C(C=O)CCC=C(C)C)C1(C)CC2. The molecule has 0 aromatic carbocycles. The fraction of sp³-hybridized carbons (Fsp3) is 0.815. The Morgan fingerprint density at radius 1 is 1.11 bits per heavy atom. The molecular formula is C27H44O. The first-order valence-corrected chi connectivity index (χ1v) is 12.0. The van der Waals surface area contributed by atoms with Gasteiger partial charge in [0.15, 0.2) is 0 Å². The molecule has 1 heteroatoms. The van der Waals surface area contributed by atoms with Crippen LogP contribution in [0, 0.1) is 34.0 Å². The lowest BCUT2D eigenvalue weighted by Gasteiger charge is -2.57. The third kappa shape index (κ3) is 3.16. The van der Waals surface area contributed by atoms with Crippen LogP contribution in [-0.4, -0.2) is 6.29 Å². The Morgan fingerprint density at radius 2 is 1.82 bits per heavy atom. The molecule has 28 heavy (non-hydrogen) atoms. The summed E-state index contributed by atoms with van der Waals surface area (Å²) in [5, 5.41) is 0. The summed E-state index contributed by atoms with van der Waals surface area (Å²) in [6.07, 6.45) is 14.7. The van der Waals surface area contributed by atoms with Crippen LogP contribution in [-0.2, 0) is 4.79 Å². The summed E-state index contributed by atoms with van der Waals surface area (Å²) in [4.78, 5) is 12.1. The molecule has 3 rings (SSSR count). The second-order valence-electron chi connectivity index (χ2n) is 11.2. The molecule has 0 saturated heterocycles. The molecular weight excluding hydrogens is 340 g/mol. The van der Waals surface area contributed by atoms with Crippen molar-refractivity contribution in [1.82, 2.24) is 0 Å². The summed E-state index contributed by atoms with van der Waals surface area (Å²) in [5.74, 6) is 1.58. The molecule has 1 fully saturated rings. The molecule has 0 aromatic heterocycles. The summed E-state index contributed by atoms with van der Waals surface area (Å²) >= 11 is 0. The summed E-state index contributed by atoms with van der Waals surface area (Å²) in [6.45, 7) is 16.9. The van der Waals surface area contributed by atoms with Gasteiger partial charge in [0, 0.05) is 5.92 Å². The van der Waals surface area contributed by atoms with Crippen molar-refractivity contribution in [3.8, 4) is 0 Å². The van der Waals surface area contributed by atoms with Gasteiger partial charge in [-0.25, -0.2) is 0 Å². The maximum atomic E-state index is 12.1. The van der Waals surface area contributed by atoms with Gasteiger partial charge in [-0.2, -0.15) is 0 Å². The van der Waals surface area contributed by atoms with E-state index in [4.69, 9.17) is 0 Å². The Morgan fingerprint density at radius 3 is 2.43 bits per heavy atom. The first-order chi connectivity index (χ1) is 13.1. The second kappa shape index (κ2) is 7.77. The number of aldehydes is 1. The van der Waals surface area contributed by atoms with Crippen LogP contribution >= 0.6 is 0 Å². The lowest BCUT2D eigenvalue weighted by Crippen LogP contribution is -2.47. The zero-order valence-corrected chi connectivity index (χ0v) is 19.7. The van der Waals surface area contributed by atoms with E-state index in [2.05, 4.69) is 54.5 Å². The molecule has 0 amide bonds. The summed E-state index contributed by atoms with van der Waals surface area (Å²) in [6, 6.07) is 0. The molecule has 1 saturated carbocycles. The number of carbonyl (C=O) groups excluding carboxylic acids is 1. The molecule has 0 spiro atoms. The first kappa shape index (κ1) is 21.8. The minimum absolute atomic E-state index is 0.227. The topological polar surface area (TPSA) is 17.1 Å². The molecule has 158 valence electrons. The maximum absolute atomic E-state index is 12.1. The fourth-order valence-electron chi connectivity index (χ4n) is 7.49. The highest BCUT2D eigenvalue weighted by Crippen LogP contribution is 2.70. The van der Waals surface area contributed by atoms with Crippen molar-refractivity contribution >= 4 is 6.29 Å². The van der Waals surface area contributed by atoms with Crippen LogP contribution in [0.5, 0.6) is 0 Å². The standard InChI is InChI=1S/C27H44O/c1-8-25(5)20(4)12-13-24-23(25)15-17-26(6)22(14-16-27(24,26)7)21(18-28)11-9-10-19(2)3/h10,18,20-22H,8-9,11-17H2,1-7H3. The van der Waals surface area contributed by atoms with E-state index >= 15 is 0 Å². The molecule has 0 heterocycles. The van der Waals surface area contributed by atoms with Gasteiger partial charge >= 0.3 is 0 Å². The molecule has 6 unspecified atom stereocenters. The Balaban J connectivity index is 1.93.